The van der Waals surface area contributed by atoms with E-state index in [0.29, 0.717) is 18.9 Å². The van der Waals surface area contributed by atoms with Crippen molar-refractivity contribution in [3.8, 4) is 0 Å². The lowest BCUT2D eigenvalue weighted by Crippen LogP contribution is -2.43. The van der Waals surface area contributed by atoms with E-state index in [4.69, 9.17) is 9.57 Å². The zero-order valence-corrected chi connectivity index (χ0v) is 13.8. The standard InChI is InChI=1S/C15H28N2O4/c1-15(2,3)21-14(19)17-10-6-7-12(11-17)8-9-13(18)16(4)20-5/h12H,6-11H2,1-5H3. The van der Waals surface area contributed by atoms with E-state index in [9.17, 15) is 9.59 Å². The Bertz CT molecular complexity index is 365. The Balaban J connectivity index is 2.42. The van der Waals surface area contributed by atoms with Crippen LogP contribution in [0.5, 0.6) is 0 Å². The molecule has 1 saturated heterocycles. The third kappa shape index (κ3) is 6.33. The number of hydrogen-bond acceptors (Lipinski definition) is 4. The van der Waals surface area contributed by atoms with Gasteiger partial charge in [0.2, 0.25) is 5.91 Å². The van der Waals surface area contributed by atoms with Crippen LogP contribution in [-0.2, 0) is 14.4 Å². The molecule has 1 aliphatic rings. The summed E-state index contributed by atoms with van der Waals surface area (Å²) in [7, 11) is 3.08. The highest BCUT2D eigenvalue weighted by atomic mass is 16.7. The van der Waals surface area contributed by atoms with Crippen LogP contribution in [0.1, 0.15) is 46.5 Å². The second-order valence-corrected chi connectivity index (χ2v) is 6.55. The Kier molecular flexibility index (Phi) is 6.45. The molecule has 1 heterocycles. The van der Waals surface area contributed by atoms with Crippen LogP contribution in [0, 0.1) is 5.92 Å². The number of carbonyl (C=O) groups is 2. The normalized spacial score (nSPS) is 19.3. The smallest absolute Gasteiger partial charge is 0.410 e. The van der Waals surface area contributed by atoms with E-state index in [0.717, 1.165) is 25.8 Å². The summed E-state index contributed by atoms with van der Waals surface area (Å²) in [5, 5.41) is 1.24. The fourth-order valence-electron chi connectivity index (χ4n) is 2.38. The average molecular weight is 300 g/mol. The van der Waals surface area contributed by atoms with E-state index in [-0.39, 0.29) is 12.0 Å². The number of rotatable bonds is 4. The number of piperidine rings is 1. The summed E-state index contributed by atoms with van der Waals surface area (Å²) in [4.78, 5) is 30.4. The topological polar surface area (TPSA) is 59.1 Å². The molecule has 0 aromatic rings. The van der Waals surface area contributed by atoms with Gasteiger partial charge >= 0.3 is 6.09 Å². The van der Waals surface area contributed by atoms with E-state index in [2.05, 4.69) is 0 Å². The highest BCUT2D eigenvalue weighted by molar-refractivity contribution is 5.74. The van der Waals surface area contributed by atoms with Crippen LogP contribution < -0.4 is 0 Å². The van der Waals surface area contributed by atoms with Crippen LogP contribution in [-0.4, -0.2) is 54.8 Å². The van der Waals surface area contributed by atoms with Crippen LogP contribution in [0.25, 0.3) is 0 Å². The molecule has 1 unspecified atom stereocenters. The molecule has 0 aromatic heterocycles. The lowest BCUT2D eigenvalue weighted by atomic mass is 9.93. The van der Waals surface area contributed by atoms with Gasteiger partial charge < -0.3 is 9.64 Å². The predicted molar refractivity (Wildman–Crippen MR) is 79.5 cm³/mol. The molecule has 1 aliphatic heterocycles. The van der Waals surface area contributed by atoms with E-state index in [1.54, 1.807) is 11.9 Å². The molecule has 0 bridgehead atoms. The predicted octanol–water partition coefficient (Wildman–Crippen LogP) is 2.43. The molecular weight excluding hydrogens is 272 g/mol. The van der Waals surface area contributed by atoms with Crippen molar-refractivity contribution < 1.29 is 19.2 Å². The van der Waals surface area contributed by atoms with Gasteiger partial charge in [-0.05, 0) is 46.0 Å². The quantitative estimate of drug-likeness (QED) is 0.748. The number of likely N-dealkylation sites (tertiary alicyclic amines) is 1. The van der Waals surface area contributed by atoms with Gasteiger partial charge in [-0.25, -0.2) is 9.86 Å². The SMILES string of the molecule is CON(C)C(=O)CCC1CCCN(C(=O)OC(C)(C)C)C1. The zero-order chi connectivity index (χ0) is 16.0. The number of carbonyl (C=O) groups excluding carboxylic acids is 2. The molecule has 1 fully saturated rings. The van der Waals surface area contributed by atoms with E-state index >= 15 is 0 Å². The first kappa shape index (κ1) is 17.8. The fourth-order valence-corrected chi connectivity index (χ4v) is 2.38. The second-order valence-electron chi connectivity index (χ2n) is 6.55. The van der Waals surface area contributed by atoms with Gasteiger partial charge in [0.05, 0.1) is 7.11 Å². The van der Waals surface area contributed by atoms with Crippen LogP contribution >= 0.6 is 0 Å². The molecule has 6 heteroatoms. The third-order valence-corrected chi connectivity index (χ3v) is 3.56. The Morgan fingerprint density at radius 3 is 2.57 bits per heavy atom. The van der Waals surface area contributed by atoms with Gasteiger partial charge in [-0.3, -0.25) is 9.63 Å². The van der Waals surface area contributed by atoms with Gasteiger partial charge in [-0.1, -0.05) is 0 Å². The summed E-state index contributed by atoms with van der Waals surface area (Å²) in [6, 6.07) is 0. The Morgan fingerprint density at radius 2 is 2.00 bits per heavy atom. The number of amides is 2. The third-order valence-electron chi connectivity index (χ3n) is 3.56. The van der Waals surface area contributed by atoms with Crippen molar-refractivity contribution in [1.29, 1.82) is 0 Å². The molecular formula is C15H28N2O4. The molecule has 0 aromatic carbocycles. The molecule has 122 valence electrons. The van der Waals surface area contributed by atoms with E-state index in [1.807, 2.05) is 20.8 Å². The van der Waals surface area contributed by atoms with Gasteiger partial charge in [-0.15, -0.1) is 0 Å². The number of ether oxygens (including phenoxy) is 1. The Morgan fingerprint density at radius 1 is 1.33 bits per heavy atom. The molecule has 1 rings (SSSR count). The van der Waals surface area contributed by atoms with Crippen LogP contribution in [0.15, 0.2) is 0 Å². The number of hydroxylamine groups is 2. The minimum Gasteiger partial charge on any atom is -0.444 e. The molecule has 0 aliphatic carbocycles. The first-order valence-corrected chi connectivity index (χ1v) is 7.51. The molecule has 2 amide bonds. The van der Waals surface area contributed by atoms with Crippen molar-refractivity contribution in [2.45, 2.75) is 52.1 Å². The first-order valence-electron chi connectivity index (χ1n) is 7.51. The summed E-state index contributed by atoms with van der Waals surface area (Å²) in [6.45, 7) is 7.00. The summed E-state index contributed by atoms with van der Waals surface area (Å²) in [5.41, 5.74) is -0.471. The second kappa shape index (κ2) is 7.64. The average Bonchev–Trinajstić information content (AvgIpc) is 2.42. The molecule has 0 N–H and O–H groups in total. The largest absolute Gasteiger partial charge is 0.444 e. The molecule has 1 atom stereocenters. The highest BCUT2D eigenvalue weighted by Crippen LogP contribution is 2.23. The van der Waals surface area contributed by atoms with E-state index in [1.165, 1.54) is 12.2 Å². The molecule has 0 saturated carbocycles. The molecule has 6 nitrogen and oxygen atoms in total. The van der Waals surface area contributed by atoms with Crippen LogP contribution in [0.2, 0.25) is 0 Å². The first-order chi connectivity index (χ1) is 9.73. The molecule has 0 spiro atoms. The van der Waals surface area contributed by atoms with Gasteiger partial charge in [0, 0.05) is 26.6 Å². The minimum absolute atomic E-state index is 0.0353. The Hall–Kier alpha value is -1.30. The van der Waals surface area contributed by atoms with E-state index < -0.39 is 5.60 Å². The summed E-state index contributed by atoms with van der Waals surface area (Å²) in [5.74, 6) is 0.312. The van der Waals surface area contributed by atoms with Gasteiger partial charge in [0.1, 0.15) is 5.60 Å². The molecule has 0 radical (unpaired) electrons. The number of nitrogens with zero attached hydrogens (tertiary/aromatic N) is 2. The zero-order valence-electron chi connectivity index (χ0n) is 13.8. The lowest BCUT2D eigenvalue weighted by molar-refractivity contribution is -0.169. The van der Waals surface area contributed by atoms with Crippen molar-refractivity contribution in [1.82, 2.24) is 9.96 Å². The lowest BCUT2D eigenvalue weighted by Gasteiger charge is -2.34. The van der Waals surface area contributed by atoms with Crippen molar-refractivity contribution in [2.24, 2.45) is 5.92 Å². The van der Waals surface area contributed by atoms with Crippen LogP contribution in [0.4, 0.5) is 4.79 Å². The summed E-state index contributed by atoms with van der Waals surface area (Å²) >= 11 is 0. The summed E-state index contributed by atoms with van der Waals surface area (Å²) in [6.07, 6.45) is 2.96. The summed E-state index contributed by atoms with van der Waals surface area (Å²) < 4.78 is 5.40. The minimum atomic E-state index is -0.471. The van der Waals surface area contributed by atoms with Crippen molar-refractivity contribution in [3.63, 3.8) is 0 Å². The maximum Gasteiger partial charge on any atom is 0.410 e. The maximum atomic E-state index is 12.1. The Labute approximate surface area is 127 Å². The fraction of sp³-hybridized carbons (Fsp3) is 0.867. The monoisotopic (exact) mass is 300 g/mol. The van der Waals surface area contributed by atoms with Crippen LogP contribution in [0.3, 0.4) is 0 Å². The maximum absolute atomic E-state index is 12.1. The van der Waals surface area contributed by atoms with Crippen molar-refractivity contribution in [3.05, 3.63) is 0 Å². The molecule has 21 heavy (non-hydrogen) atoms. The van der Waals surface area contributed by atoms with Gasteiger partial charge in [0.15, 0.2) is 0 Å². The van der Waals surface area contributed by atoms with Crippen molar-refractivity contribution >= 4 is 12.0 Å². The van der Waals surface area contributed by atoms with Gasteiger partial charge in [-0.2, -0.15) is 0 Å². The number of hydrogen-bond donors (Lipinski definition) is 0. The highest BCUT2D eigenvalue weighted by Gasteiger charge is 2.27. The van der Waals surface area contributed by atoms with Gasteiger partial charge in [0.25, 0.3) is 0 Å². The van der Waals surface area contributed by atoms with Crippen molar-refractivity contribution in [2.75, 3.05) is 27.2 Å².